The number of hydrogen-bond donors (Lipinski definition) is 2. The van der Waals surface area contributed by atoms with Gasteiger partial charge < -0.3 is 5.73 Å². The number of carbonyl (C=O) groups is 1. The van der Waals surface area contributed by atoms with Crippen LogP contribution in [0.15, 0.2) is 10.9 Å². The number of nitrogens with one attached hydrogen (secondary N) is 1. The van der Waals surface area contributed by atoms with Gasteiger partial charge in [0, 0.05) is 11.4 Å². The molecule has 2 atom stereocenters. The summed E-state index contributed by atoms with van der Waals surface area (Å²) in [6.45, 7) is 5.92. The van der Waals surface area contributed by atoms with Crippen molar-refractivity contribution in [3.8, 4) is 0 Å². The Labute approximate surface area is 93.9 Å². The van der Waals surface area contributed by atoms with Crippen molar-refractivity contribution in [2.75, 3.05) is 0 Å². The third-order valence-electron chi connectivity index (χ3n) is 2.30. The third kappa shape index (κ3) is 3.28. The maximum absolute atomic E-state index is 11.2. The van der Waals surface area contributed by atoms with Gasteiger partial charge in [-0.25, -0.2) is 4.98 Å². The lowest BCUT2D eigenvalue weighted by molar-refractivity contribution is -0.121. The molecule has 0 spiro atoms. The molecule has 1 heterocycles. The average molecular weight is 227 g/mol. The first kappa shape index (κ1) is 12.1. The van der Waals surface area contributed by atoms with Gasteiger partial charge in [-0.3, -0.25) is 10.1 Å². The molecule has 0 saturated heterocycles. The molecule has 84 valence electrons. The third-order valence-corrected chi connectivity index (χ3v) is 2.90. The summed E-state index contributed by atoms with van der Waals surface area (Å²) in [6.07, 6.45) is 0. The zero-order chi connectivity index (χ0) is 11.4. The van der Waals surface area contributed by atoms with E-state index in [0.717, 1.165) is 5.69 Å². The molecule has 4 nitrogen and oxygen atoms in total. The Morgan fingerprint density at radius 2 is 2.20 bits per heavy atom. The molecule has 0 fully saturated rings. The zero-order valence-electron chi connectivity index (χ0n) is 9.23. The van der Waals surface area contributed by atoms with E-state index in [9.17, 15) is 4.79 Å². The van der Waals surface area contributed by atoms with Gasteiger partial charge in [0.25, 0.3) is 0 Å². The first-order valence-electron chi connectivity index (χ1n) is 4.95. The van der Waals surface area contributed by atoms with Crippen molar-refractivity contribution in [2.24, 2.45) is 11.7 Å². The van der Waals surface area contributed by atoms with Crippen LogP contribution in [0.4, 0.5) is 0 Å². The van der Waals surface area contributed by atoms with Gasteiger partial charge in [0.15, 0.2) is 0 Å². The maximum atomic E-state index is 11.2. The Hall–Kier alpha value is -0.940. The zero-order valence-corrected chi connectivity index (χ0v) is 10.0. The molecule has 0 aromatic carbocycles. The van der Waals surface area contributed by atoms with Crippen molar-refractivity contribution in [3.05, 3.63) is 16.6 Å². The van der Waals surface area contributed by atoms with E-state index in [0.29, 0.717) is 0 Å². The Balaban J connectivity index is 2.63. The van der Waals surface area contributed by atoms with Crippen LogP contribution in [0.1, 0.15) is 32.5 Å². The summed E-state index contributed by atoms with van der Waals surface area (Å²) in [4.78, 5) is 15.4. The van der Waals surface area contributed by atoms with Crippen LogP contribution in [-0.2, 0) is 4.79 Å². The highest BCUT2D eigenvalue weighted by atomic mass is 32.1. The van der Waals surface area contributed by atoms with E-state index in [1.807, 2.05) is 26.2 Å². The maximum Gasteiger partial charge on any atom is 0.234 e. The summed E-state index contributed by atoms with van der Waals surface area (Å²) in [5.41, 5.74) is 8.05. The highest BCUT2D eigenvalue weighted by Crippen LogP contribution is 2.14. The van der Waals surface area contributed by atoms with E-state index in [1.54, 1.807) is 16.8 Å². The van der Waals surface area contributed by atoms with Gasteiger partial charge in [-0.15, -0.1) is 11.3 Å². The second kappa shape index (κ2) is 5.23. The summed E-state index contributed by atoms with van der Waals surface area (Å²) in [7, 11) is 0. The highest BCUT2D eigenvalue weighted by Gasteiger charge is 2.22. The molecule has 2 unspecified atom stereocenters. The fraction of sp³-hybridized carbons (Fsp3) is 0.600. The van der Waals surface area contributed by atoms with Gasteiger partial charge in [0.05, 0.1) is 17.2 Å². The number of nitrogens with zero attached hydrogens (tertiary/aromatic N) is 1. The smallest absolute Gasteiger partial charge is 0.234 e. The van der Waals surface area contributed by atoms with E-state index in [2.05, 4.69) is 10.3 Å². The number of rotatable bonds is 5. The molecule has 5 heteroatoms. The average Bonchev–Trinajstić information content (AvgIpc) is 2.65. The molecular formula is C10H17N3OS. The summed E-state index contributed by atoms with van der Waals surface area (Å²) in [5, 5.41) is 5.16. The monoisotopic (exact) mass is 227 g/mol. The molecule has 0 aliphatic heterocycles. The minimum Gasteiger partial charge on any atom is -0.368 e. The van der Waals surface area contributed by atoms with Crippen molar-refractivity contribution in [2.45, 2.75) is 32.9 Å². The number of thiazole rings is 1. The Bertz CT molecular complexity index is 310. The van der Waals surface area contributed by atoms with Crippen LogP contribution in [0, 0.1) is 5.92 Å². The summed E-state index contributed by atoms with van der Waals surface area (Å²) in [5.74, 6) is -0.129. The number of carbonyl (C=O) groups excluding carboxylic acids is 1. The standard InChI is InChI=1S/C10H17N3OS/c1-6(2)9(10(11)14)13-7(3)8-4-15-5-12-8/h4-7,9,13H,1-3H3,(H2,11,14). The fourth-order valence-electron chi connectivity index (χ4n) is 1.39. The minimum atomic E-state index is -0.313. The summed E-state index contributed by atoms with van der Waals surface area (Å²) >= 11 is 1.54. The molecule has 15 heavy (non-hydrogen) atoms. The Kier molecular flexibility index (Phi) is 4.23. The lowest BCUT2D eigenvalue weighted by atomic mass is 10.0. The van der Waals surface area contributed by atoms with Crippen LogP contribution in [0.5, 0.6) is 0 Å². The molecule has 1 amide bonds. The van der Waals surface area contributed by atoms with Crippen molar-refractivity contribution < 1.29 is 4.79 Å². The topological polar surface area (TPSA) is 68.0 Å². The summed E-state index contributed by atoms with van der Waals surface area (Å²) in [6, 6.07) is -0.252. The molecule has 1 aromatic heterocycles. The molecule has 0 aliphatic rings. The van der Waals surface area contributed by atoms with Gasteiger partial charge in [-0.1, -0.05) is 13.8 Å². The fourth-order valence-corrected chi connectivity index (χ4v) is 2.04. The van der Waals surface area contributed by atoms with Gasteiger partial charge in [-0.05, 0) is 12.8 Å². The minimum absolute atomic E-state index is 0.0520. The largest absolute Gasteiger partial charge is 0.368 e. The molecule has 3 N–H and O–H groups in total. The predicted octanol–water partition coefficient (Wildman–Crippen LogP) is 1.30. The number of hydrogen-bond acceptors (Lipinski definition) is 4. The van der Waals surface area contributed by atoms with Crippen molar-refractivity contribution >= 4 is 17.2 Å². The van der Waals surface area contributed by atoms with Crippen LogP contribution in [-0.4, -0.2) is 16.9 Å². The highest BCUT2D eigenvalue weighted by molar-refractivity contribution is 7.07. The first-order valence-corrected chi connectivity index (χ1v) is 5.90. The van der Waals surface area contributed by atoms with Gasteiger partial charge in [-0.2, -0.15) is 0 Å². The van der Waals surface area contributed by atoms with Gasteiger partial charge in [0.1, 0.15) is 0 Å². The van der Waals surface area contributed by atoms with E-state index in [1.165, 1.54) is 0 Å². The molecule has 1 rings (SSSR count). The Morgan fingerprint density at radius 3 is 2.60 bits per heavy atom. The van der Waals surface area contributed by atoms with Crippen LogP contribution < -0.4 is 11.1 Å². The van der Waals surface area contributed by atoms with Crippen molar-refractivity contribution in [1.29, 1.82) is 0 Å². The van der Waals surface area contributed by atoms with Crippen LogP contribution in [0.2, 0.25) is 0 Å². The predicted molar refractivity (Wildman–Crippen MR) is 61.5 cm³/mol. The van der Waals surface area contributed by atoms with Gasteiger partial charge in [0.2, 0.25) is 5.91 Å². The van der Waals surface area contributed by atoms with Crippen molar-refractivity contribution in [3.63, 3.8) is 0 Å². The number of aromatic nitrogens is 1. The SMILES string of the molecule is CC(NC(C(N)=O)C(C)C)c1cscn1. The van der Waals surface area contributed by atoms with Crippen molar-refractivity contribution in [1.82, 2.24) is 10.3 Å². The normalized spacial score (nSPS) is 15.2. The Morgan fingerprint density at radius 1 is 1.53 bits per heavy atom. The second-order valence-corrected chi connectivity index (χ2v) is 4.64. The lowest BCUT2D eigenvalue weighted by Crippen LogP contribution is -2.45. The van der Waals surface area contributed by atoms with E-state index < -0.39 is 0 Å². The lowest BCUT2D eigenvalue weighted by Gasteiger charge is -2.22. The summed E-state index contributed by atoms with van der Waals surface area (Å²) < 4.78 is 0. The van der Waals surface area contributed by atoms with E-state index in [-0.39, 0.29) is 23.9 Å². The molecule has 0 saturated carbocycles. The first-order chi connectivity index (χ1) is 7.02. The van der Waals surface area contributed by atoms with Crippen LogP contribution in [0.3, 0.4) is 0 Å². The number of amides is 1. The molecule has 0 bridgehead atoms. The van der Waals surface area contributed by atoms with Crippen LogP contribution >= 0.6 is 11.3 Å². The van der Waals surface area contributed by atoms with Crippen LogP contribution in [0.25, 0.3) is 0 Å². The molecule has 0 aliphatic carbocycles. The van der Waals surface area contributed by atoms with E-state index in [4.69, 9.17) is 5.73 Å². The molecular weight excluding hydrogens is 210 g/mol. The number of primary amides is 1. The molecule has 1 aromatic rings. The quantitative estimate of drug-likeness (QED) is 0.796. The molecule has 0 radical (unpaired) electrons. The van der Waals surface area contributed by atoms with Gasteiger partial charge >= 0.3 is 0 Å². The second-order valence-electron chi connectivity index (χ2n) is 3.93. The van der Waals surface area contributed by atoms with E-state index >= 15 is 0 Å². The number of nitrogens with two attached hydrogens (primary N) is 1.